The molecule has 0 aromatic heterocycles. The van der Waals surface area contributed by atoms with Crippen LogP contribution in [0.25, 0.3) is 0 Å². The first-order chi connectivity index (χ1) is 10.5. The summed E-state index contributed by atoms with van der Waals surface area (Å²) < 4.78 is 37.6. The number of sulfonamides is 1. The van der Waals surface area contributed by atoms with Crippen molar-refractivity contribution in [3.8, 4) is 11.5 Å². The standard InChI is InChI=1S/C16H27NO4S/c1-4-5-6-7-8-9-12-17-22(18,19)16-13-14(20-2)10-11-15(16)21-3/h10-11,13,17H,4-9,12H2,1-3H3. The monoisotopic (exact) mass is 329 g/mol. The number of methoxy groups -OCH3 is 2. The third-order valence-corrected chi connectivity index (χ3v) is 4.96. The van der Waals surface area contributed by atoms with Crippen LogP contribution in [0.1, 0.15) is 45.4 Å². The largest absolute Gasteiger partial charge is 0.497 e. The Kier molecular flexibility index (Phi) is 8.27. The van der Waals surface area contributed by atoms with Crippen LogP contribution in [0.4, 0.5) is 0 Å². The summed E-state index contributed by atoms with van der Waals surface area (Å²) in [5.41, 5.74) is 0. The minimum Gasteiger partial charge on any atom is -0.497 e. The number of hydrogen-bond acceptors (Lipinski definition) is 4. The lowest BCUT2D eigenvalue weighted by atomic mass is 10.1. The Bertz CT molecular complexity index is 543. The van der Waals surface area contributed by atoms with Crippen molar-refractivity contribution in [2.45, 2.75) is 50.3 Å². The zero-order chi connectivity index (χ0) is 16.4. The first kappa shape index (κ1) is 18.8. The minimum atomic E-state index is -3.59. The van der Waals surface area contributed by atoms with Gasteiger partial charge in [-0.1, -0.05) is 39.0 Å². The molecule has 0 heterocycles. The van der Waals surface area contributed by atoms with E-state index < -0.39 is 10.0 Å². The van der Waals surface area contributed by atoms with Crippen LogP contribution in [0, 0.1) is 0 Å². The molecule has 0 aliphatic rings. The fourth-order valence-corrected chi connectivity index (χ4v) is 3.44. The fraction of sp³-hybridized carbons (Fsp3) is 0.625. The van der Waals surface area contributed by atoms with Gasteiger partial charge in [0.05, 0.1) is 14.2 Å². The molecule has 0 aliphatic heterocycles. The maximum atomic E-state index is 12.4. The Hall–Kier alpha value is -1.27. The first-order valence-electron chi connectivity index (χ1n) is 7.77. The molecule has 0 unspecified atom stereocenters. The van der Waals surface area contributed by atoms with E-state index in [2.05, 4.69) is 11.6 Å². The summed E-state index contributed by atoms with van der Waals surface area (Å²) in [4.78, 5) is 0.111. The summed E-state index contributed by atoms with van der Waals surface area (Å²) in [6.45, 7) is 2.62. The van der Waals surface area contributed by atoms with E-state index in [1.807, 2.05) is 0 Å². The highest BCUT2D eigenvalue weighted by atomic mass is 32.2. The van der Waals surface area contributed by atoms with Crippen LogP contribution in [0.5, 0.6) is 11.5 Å². The molecule has 0 fully saturated rings. The smallest absolute Gasteiger partial charge is 0.244 e. The molecule has 0 amide bonds. The molecule has 1 aromatic rings. The molecule has 6 heteroatoms. The predicted octanol–water partition coefficient (Wildman–Crippen LogP) is 3.34. The van der Waals surface area contributed by atoms with E-state index in [1.54, 1.807) is 12.1 Å². The predicted molar refractivity (Wildman–Crippen MR) is 88.1 cm³/mol. The van der Waals surface area contributed by atoms with Crippen molar-refractivity contribution in [3.05, 3.63) is 18.2 Å². The molecule has 22 heavy (non-hydrogen) atoms. The lowest BCUT2D eigenvalue weighted by Gasteiger charge is -2.12. The molecule has 0 saturated heterocycles. The van der Waals surface area contributed by atoms with Crippen molar-refractivity contribution in [1.29, 1.82) is 0 Å². The third kappa shape index (κ3) is 5.85. The van der Waals surface area contributed by atoms with Crippen molar-refractivity contribution in [1.82, 2.24) is 4.72 Å². The summed E-state index contributed by atoms with van der Waals surface area (Å²) in [7, 11) is -0.633. The maximum absolute atomic E-state index is 12.4. The van der Waals surface area contributed by atoms with Gasteiger partial charge in [0.15, 0.2) is 0 Å². The molecule has 0 aliphatic carbocycles. The Labute approximate surface area is 134 Å². The summed E-state index contributed by atoms with van der Waals surface area (Å²) in [5, 5.41) is 0. The zero-order valence-corrected chi connectivity index (χ0v) is 14.5. The van der Waals surface area contributed by atoms with Crippen LogP contribution in [0.15, 0.2) is 23.1 Å². The van der Waals surface area contributed by atoms with Crippen LogP contribution in [-0.4, -0.2) is 29.2 Å². The van der Waals surface area contributed by atoms with Gasteiger partial charge >= 0.3 is 0 Å². The lowest BCUT2D eigenvalue weighted by Crippen LogP contribution is -2.25. The maximum Gasteiger partial charge on any atom is 0.244 e. The summed E-state index contributed by atoms with van der Waals surface area (Å²) in [6.07, 6.45) is 6.70. The van der Waals surface area contributed by atoms with Crippen LogP contribution < -0.4 is 14.2 Å². The number of ether oxygens (including phenoxy) is 2. The van der Waals surface area contributed by atoms with Crippen molar-refractivity contribution in [2.75, 3.05) is 20.8 Å². The Morgan fingerprint density at radius 3 is 2.32 bits per heavy atom. The van der Waals surface area contributed by atoms with E-state index in [9.17, 15) is 8.42 Å². The van der Waals surface area contributed by atoms with Gasteiger partial charge in [0.2, 0.25) is 10.0 Å². The van der Waals surface area contributed by atoms with Crippen molar-refractivity contribution in [2.24, 2.45) is 0 Å². The molecular weight excluding hydrogens is 302 g/mol. The first-order valence-corrected chi connectivity index (χ1v) is 9.25. The van der Waals surface area contributed by atoms with E-state index in [4.69, 9.17) is 9.47 Å². The van der Waals surface area contributed by atoms with Gasteiger partial charge in [0, 0.05) is 12.6 Å². The van der Waals surface area contributed by atoms with Gasteiger partial charge in [-0.3, -0.25) is 0 Å². The normalized spacial score (nSPS) is 11.4. The number of benzene rings is 1. The van der Waals surface area contributed by atoms with Crippen molar-refractivity contribution in [3.63, 3.8) is 0 Å². The molecule has 1 N–H and O–H groups in total. The topological polar surface area (TPSA) is 64.6 Å². The van der Waals surface area contributed by atoms with Crippen LogP contribution in [0.3, 0.4) is 0 Å². The minimum absolute atomic E-state index is 0.111. The average molecular weight is 329 g/mol. The van der Waals surface area contributed by atoms with E-state index in [1.165, 1.54) is 39.5 Å². The molecule has 0 saturated carbocycles. The molecule has 0 atom stereocenters. The van der Waals surface area contributed by atoms with Crippen LogP contribution in [0.2, 0.25) is 0 Å². The lowest BCUT2D eigenvalue weighted by molar-refractivity contribution is 0.392. The zero-order valence-electron chi connectivity index (χ0n) is 13.7. The highest BCUT2D eigenvalue weighted by molar-refractivity contribution is 7.89. The Morgan fingerprint density at radius 2 is 1.68 bits per heavy atom. The van der Waals surface area contributed by atoms with E-state index in [-0.39, 0.29) is 4.90 Å². The summed E-state index contributed by atoms with van der Waals surface area (Å²) in [5.74, 6) is 0.803. The molecule has 1 rings (SSSR count). The van der Waals surface area contributed by atoms with E-state index in [0.29, 0.717) is 18.0 Å². The van der Waals surface area contributed by atoms with Crippen LogP contribution >= 0.6 is 0 Å². The number of nitrogens with one attached hydrogen (secondary N) is 1. The van der Waals surface area contributed by atoms with Crippen LogP contribution in [-0.2, 0) is 10.0 Å². The quantitative estimate of drug-likeness (QED) is 0.632. The van der Waals surface area contributed by atoms with Crippen molar-refractivity contribution >= 4 is 10.0 Å². The summed E-state index contributed by atoms with van der Waals surface area (Å²) >= 11 is 0. The van der Waals surface area contributed by atoms with Gasteiger partial charge in [-0.25, -0.2) is 13.1 Å². The van der Waals surface area contributed by atoms with Crippen molar-refractivity contribution < 1.29 is 17.9 Å². The second-order valence-electron chi connectivity index (χ2n) is 5.18. The summed E-state index contributed by atoms with van der Waals surface area (Å²) in [6, 6.07) is 4.74. The van der Waals surface area contributed by atoms with Gasteiger partial charge in [0.1, 0.15) is 16.4 Å². The molecule has 5 nitrogen and oxygen atoms in total. The fourth-order valence-electron chi connectivity index (χ4n) is 2.18. The molecule has 1 aromatic carbocycles. The third-order valence-electron chi connectivity index (χ3n) is 3.48. The Morgan fingerprint density at radius 1 is 1.00 bits per heavy atom. The molecule has 126 valence electrons. The van der Waals surface area contributed by atoms with Gasteiger partial charge in [-0.2, -0.15) is 0 Å². The van der Waals surface area contributed by atoms with Gasteiger partial charge < -0.3 is 9.47 Å². The molecule has 0 bridgehead atoms. The second-order valence-corrected chi connectivity index (χ2v) is 6.92. The van der Waals surface area contributed by atoms with Gasteiger partial charge in [-0.05, 0) is 18.6 Å². The van der Waals surface area contributed by atoms with E-state index >= 15 is 0 Å². The SMILES string of the molecule is CCCCCCCCNS(=O)(=O)c1cc(OC)ccc1OC. The molecule has 0 radical (unpaired) electrons. The molecular formula is C16H27NO4S. The number of hydrogen-bond donors (Lipinski definition) is 1. The molecule has 0 spiro atoms. The second kappa shape index (κ2) is 9.69. The highest BCUT2D eigenvalue weighted by Crippen LogP contribution is 2.27. The number of rotatable bonds is 11. The van der Waals surface area contributed by atoms with E-state index in [0.717, 1.165) is 19.3 Å². The van der Waals surface area contributed by atoms with Gasteiger partial charge in [0.25, 0.3) is 0 Å². The average Bonchev–Trinajstić information content (AvgIpc) is 2.53. The highest BCUT2D eigenvalue weighted by Gasteiger charge is 2.19. The number of unbranched alkanes of at least 4 members (excludes halogenated alkanes) is 5. The van der Waals surface area contributed by atoms with Gasteiger partial charge in [-0.15, -0.1) is 0 Å². The Balaban J connectivity index is 2.59.